The Balaban J connectivity index is 1.33. The van der Waals surface area contributed by atoms with E-state index in [2.05, 4.69) is 35.4 Å². The fourth-order valence-corrected chi connectivity index (χ4v) is 7.53. The van der Waals surface area contributed by atoms with E-state index in [-0.39, 0.29) is 29.1 Å². The molecule has 0 bridgehead atoms. The fourth-order valence-electron chi connectivity index (χ4n) is 6.40. The van der Waals surface area contributed by atoms with E-state index in [1.165, 1.54) is 23.3 Å². The van der Waals surface area contributed by atoms with Crippen LogP contribution in [0.5, 0.6) is 0 Å². The topological polar surface area (TPSA) is 86.1 Å². The first-order valence-electron chi connectivity index (χ1n) is 13.4. The number of benzene rings is 1. The number of piperidine rings is 2. The Morgan fingerprint density at radius 1 is 1.16 bits per heavy atom. The number of thiophene rings is 1. The number of imide groups is 1. The maximum absolute atomic E-state index is 12.9. The number of aryl methyl sites for hydroxylation is 1. The monoisotopic (exact) mass is 524 g/mol. The highest BCUT2D eigenvalue weighted by Crippen LogP contribution is 2.63. The maximum atomic E-state index is 12.9. The summed E-state index contributed by atoms with van der Waals surface area (Å²) in [7, 11) is 0. The highest BCUT2D eigenvalue weighted by Gasteiger charge is 2.72. The molecule has 2 aromatic heterocycles. The summed E-state index contributed by atoms with van der Waals surface area (Å²) in [5.41, 5.74) is 5.69. The lowest BCUT2D eigenvalue weighted by Gasteiger charge is -2.19. The maximum Gasteiger partial charge on any atom is 0.234 e. The number of likely N-dealkylation sites (tertiary alicyclic amines) is 1. The van der Waals surface area contributed by atoms with Crippen LogP contribution in [0, 0.1) is 41.4 Å². The predicted molar refractivity (Wildman–Crippen MR) is 149 cm³/mol. The third-order valence-electron chi connectivity index (χ3n) is 8.67. The Hall–Kier alpha value is -3.34. The molecule has 2 amide bonds. The van der Waals surface area contributed by atoms with Gasteiger partial charge >= 0.3 is 0 Å². The van der Waals surface area contributed by atoms with E-state index < -0.39 is 0 Å². The molecule has 1 aromatic carbocycles. The van der Waals surface area contributed by atoms with Crippen LogP contribution in [0.15, 0.2) is 42.6 Å². The zero-order valence-electron chi connectivity index (χ0n) is 22.1. The second-order valence-corrected chi connectivity index (χ2v) is 12.6. The van der Waals surface area contributed by atoms with Gasteiger partial charge in [0.15, 0.2) is 0 Å². The summed E-state index contributed by atoms with van der Waals surface area (Å²) in [6.07, 6.45) is 9.57. The average Bonchev–Trinajstić information content (AvgIpc) is 3.15. The molecule has 1 saturated carbocycles. The number of nitriles is 1. The van der Waals surface area contributed by atoms with E-state index >= 15 is 0 Å². The smallest absolute Gasteiger partial charge is 0.234 e. The third kappa shape index (κ3) is 4.16. The number of amides is 2. The van der Waals surface area contributed by atoms with Gasteiger partial charge in [0.2, 0.25) is 11.8 Å². The number of allylic oxidation sites excluding steroid dienone is 2. The Labute approximate surface area is 227 Å². The average molecular weight is 525 g/mol. The molecule has 7 heteroatoms. The van der Waals surface area contributed by atoms with Crippen molar-refractivity contribution in [3.8, 4) is 17.2 Å². The van der Waals surface area contributed by atoms with Crippen molar-refractivity contribution in [2.45, 2.75) is 46.6 Å². The summed E-state index contributed by atoms with van der Waals surface area (Å²) in [4.78, 5) is 32.8. The Kier molecular flexibility index (Phi) is 6.20. The number of nitrogens with zero attached hydrogens (tertiary/aromatic N) is 3. The first kappa shape index (κ1) is 25.0. The number of hydrogen-bond acceptors (Lipinski definition) is 6. The van der Waals surface area contributed by atoms with Crippen molar-refractivity contribution >= 4 is 33.4 Å². The zero-order chi connectivity index (χ0) is 26.6. The summed E-state index contributed by atoms with van der Waals surface area (Å²) in [5.74, 6) is 0.176. The van der Waals surface area contributed by atoms with Crippen molar-refractivity contribution in [1.82, 2.24) is 15.2 Å². The summed E-state index contributed by atoms with van der Waals surface area (Å²) < 4.78 is 1.02. The number of hydrogen-bond donors (Lipinski definition) is 1. The van der Waals surface area contributed by atoms with E-state index in [0.717, 1.165) is 51.3 Å². The molecule has 3 aromatic rings. The highest BCUT2D eigenvalue weighted by atomic mass is 32.1. The van der Waals surface area contributed by atoms with E-state index in [9.17, 15) is 14.9 Å². The molecule has 1 N–H and O–H groups in total. The fraction of sp³-hybridized carbons (Fsp3) is 0.419. The number of aromatic nitrogens is 1. The Bertz CT molecular complexity index is 1500. The molecule has 194 valence electrons. The van der Waals surface area contributed by atoms with Gasteiger partial charge < -0.3 is 5.32 Å². The van der Waals surface area contributed by atoms with E-state index in [0.29, 0.717) is 18.0 Å². The van der Waals surface area contributed by atoms with Crippen LogP contribution in [0.2, 0.25) is 0 Å². The normalized spacial score (nSPS) is 22.8. The summed E-state index contributed by atoms with van der Waals surface area (Å²) in [6, 6.07) is 10.3. The molecular weight excluding hydrogens is 492 g/mol. The van der Waals surface area contributed by atoms with Crippen LogP contribution in [0.3, 0.4) is 0 Å². The van der Waals surface area contributed by atoms with Crippen molar-refractivity contribution in [2.75, 3.05) is 13.1 Å². The molecule has 38 heavy (non-hydrogen) atoms. The molecule has 4 heterocycles. The Morgan fingerprint density at radius 3 is 2.61 bits per heavy atom. The van der Waals surface area contributed by atoms with Gasteiger partial charge in [0, 0.05) is 16.6 Å². The van der Waals surface area contributed by atoms with Crippen molar-refractivity contribution in [3.63, 3.8) is 0 Å². The summed E-state index contributed by atoms with van der Waals surface area (Å²) in [6.45, 7) is 8.51. The quantitative estimate of drug-likeness (QED) is 0.346. The van der Waals surface area contributed by atoms with Crippen molar-refractivity contribution in [1.29, 1.82) is 5.26 Å². The number of pyridine rings is 1. The van der Waals surface area contributed by atoms with Gasteiger partial charge in [-0.05, 0) is 91.6 Å². The SMILES string of the molecule is Cc1cc(C#N)cc(-c2ccnc3cc(CN4C(=O)C5C(C4=O)C5(C)C)sc23)c1CC=CC1CCNCC1. The molecule has 2 unspecified atom stereocenters. The number of fused-ring (bicyclic) bond motifs is 2. The van der Waals surface area contributed by atoms with Gasteiger partial charge in [0.25, 0.3) is 0 Å². The van der Waals surface area contributed by atoms with Crippen molar-refractivity contribution < 1.29 is 9.59 Å². The first-order chi connectivity index (χ1) is 18.3. The second kappa shape index (κ2) is 9.44. The molecule has 6 rings (SSSR count). The van der Waals surface area contributed by atoms with Crippen molar-refractivity contribution in [3.05, 3.63) is 64.2 Å². The van der Waals surface area contributed by atoms with Crippen LogP contribution in [0.4, 0.5) is 0 Å². The molecule has 6 nitrogen and oxygen atoms in total. The molecule has 2 atom stereocenters. The largest absolute Gasteiger partial charge is 0.317 e. The van der Waals surface area contributed by atoms with E-state index in [4.69, 9.17) is 0 Å². The van der Waals surface area contributed by atoms with Crippen LogP contribution >= 0.6 is 11.3 Å². The lowest BCUT2D eigenvalue weighted by atomic mass is 9.91. The first-order valence-corrected chi connectivity index (χ1v) is 14.2. The Morgan fingerprint density at radius 2 is 1.89 bits per heavy atom. The minimum atomic E-state index is -0.206. The van der Waals surface area contributed by atoms with Gasteiger partial charge in [-0.25, -0.2) is 0 Å². The molecule has 1 aliphatic carbocycles. The number of rotatable bonds is 6. The van der Waals surface area contributed by atoms with Crippen LogP contribution < -0.4 is 5.32 Å². The predicted octanol–water partition coefficient (Wildman–Crippen LogP) is 5.38. The van der Waals surface area contributed by atoms with Gasteiger partial charge in [0.1, 0.15) is 0 Å². The molecule has 2 aliphatic heterocycles. The van der Waals surface area contributed by atoms with Gasteiger partial charge in [-0.3, -0.25) is 19.5 Å². The lowest BCUT2D eigenvalue weighted by molar-refractivity contribution is -0.143. The molecule has 0 radical (unpaired) electrons. The number of nitrogens with one attached hydrogen (secondary N) is 1. The van der Waals surface area contributed by atoms with Crippen molar-refractivity contribution in [2.24, 2.45) is 23.2 Å². The lowest BCUT2D eigenvalue weighted by Crippen LogP contribution is -2.35. The summed E-state index contributed by atoms with van der Waals surface area (Å²) in [5, 5.41) is 13.1. The standard InChI is InChI=1S/C31H32N4O2S/c1-18-13-20(16-32)14-24(22(18)6-4-5-19-7-10-33-11-8-19)23-9-12-34-25-15-21(38-28(23)25)17-35-29(36)26-27(30(35)37)31(26,2)3/h4-5,9,12-15,19,26-27,33H,6-8,10-11,17H2,1-3H3. The van der Waals surface area contributed by atoms with Crippen LogP contribution in [0.1, 0.15) is 48.3 Å². The van der Waals surface area contributed by atoms with Gasteiger partial charge in [-0.2, -0.15) is 5.26 Å². The van der Waals surface area contributed by atoms with Crippen LogP contribution in [-0.4, -0.2) is 34.8 Å². The second-order valence-electron chi connectivity index (χ2n) is 11.5. The van der Waals surface area contributed by atoms with Gasteiger partial charge in [-0.1, -0.05) is 26.0 Å². The van der Waals surface area contributed by atoms with Crippen LogP contribution in [-0.2, 0) is 22.6 Å². The molecule has 3 fully saturated rings. The minimum Gasteiger partial charge on any atom is -0.317 e. The minimum absolute atomic E-state index is 0.0456. The molecule has 3 aliphatic rings. The van der Waals surface area contributed by atoms with E-state index in [1.807, 2.05) is 38.1 Å². The van der Waals surface area contributed by atoms with Gasteiger partial charge in [-0.15, -0.1) is 11.3 Å². The third-order valence-corrected chi connectivity index (χ3v) is 9.82. The zero-order valence-corrected chi connectivity index (χ0v) is 22.9. The molecule has 0 spiro atoms. The highest BCUT2D eigenvalue weighted by molar-refractivity contribution is 7.19. The summed E-state index contributed by atoms with van der Waals surface area (Å²) >= 11 is 1.58. The molecular formula is C31H32N4O2S. The number of carbonyl (C=O) groups is 2. The number of carbonyl (C=O) groups excluding carboxylic acids is 2. The van der Waals surface area contributed by atoms with Gasteiger partial charge in [0.05, 0.1) is 40.2 Å². The van der Waals surface area contributed by atoms with Crippen LogP contribution in [0.25, 0.3) is 21.3 Å². The van der Waals surface area contributed by atoms with E-state index in [1.54, 1.807) is 17.5 Å². The molecule has 2 saturated heterocycles.